The molecule has 6 nitrogen and oxygen atoms in total. The van der Waals surface area contributed by atoms with Gasteiger partial charge in [0.1, 0.15) is 0 Å². The number of aromatic nitrogens is 2. The molecule has 2 heterocycles. The van der Waals surface area contributed by atoms with Crippen molar-refractivity contribution >= 4 is 23.2 Å². The van der Waals surface area contributed by atoms with Gasteiger partial charge in [0.15, 0.2) is 0 Å². The molecule has 7 heteroatoms. The standard InChI is InChI=1S/C23H25ClN4O2/c1-15-3-4-16(2)20(13-15)25-23(29)18-9-11-28(12-10-18)14-21-26-22(27-30-21)17-5-7-19(24)8-6-17/h3-8,13,18H,9-12,14H2,1-2H3,(H,25,29). The summed E-state index contributed by atoms with van der Waals surface area (Å²) in [4.78, 5) is 19.4. The quantitative estimate of drug-likeness (QED) is 0.633. The van der Waals surface area contributed by atoms with Crippen molar-refractivity contribution in [3.8, 4) is 11.4 Å². The SMILES string of the molecule is Cc1ccc(C)c(NC(=O)C2CCN(Cc3nc(-c4ccc(Cl)cc4)no3)CC2)c1. The van der Waals surface area contributed by atoms with E-state index in [1.807, 2.05) is 38.1 Å². The van der Waals surface area contributed by atoms with Gasteiger partial charge < -0.3 is 9.84 Å². The van der Waals surface area contributed by atoms with Crippen LogP contribution in [0, 0.1) is 19.8 Å². The molecule has 1 amide bonds. The second-order valence-electron chi connectivity index (χ2n) is 7.88. The lowest BCUT2D eigenvalue weighted by molar-refractivity contribution is -0.121. The Kier molecular flexibility index (Phi) is 6.16. The van der Waals surface area contributed by atoms with E-state index in [2.05, 4.69) is 26.4 Å². The number of carbonyl (C=O) groups excluding carboxylic acids is 1. The summed E-state index contributed by atoms with van der Waals surface area (Å²) < 4.78 is 5.41. The van der Waals surface area contributed by atoms with Gasteiger partial charge in [-0.1, -0.05) is 28.9 Å². The molecule has 0 unspecified atom stereocenters. The third-order valence-electron chi connectivity index (χ3n) is 5.54. The summed E-state index contributed by atoms with van der Waals surface area (Å²) in [6, 6.07) is 13.5. The highest BCUT2D eigenvalue weighted by Crippen LogP contribution is 2.24. The first-order valence-electron chi connectivity index (χ1n) is 10.2. The molecule has 1 aromatic heterocycles. The molecule has 2 aromatic carbocycles. The zero-order chi connectivity index (χ0) is 21.1. The first-order valence-corrected chi connectivity index (χ1v) is 10.5. The Balaban J connectivity index is 1.30. The Bertz CT molecular complexity index is 1020. The minimum absolute atomic E-state index is 0.0217. The van der Waals surface area contributed by atoms with Crippen LogP contribution in [0.5, 0.6) is 0 Å². The number of hydrogen-bond acceptors (Lipinski definition) is 5. The molecule has 1 fully saturated rings. The van der Waals surface area contributed by atoms with Crippen LogP contribution in [-0.2, 0) is 11.3 Å². The van der Waals surface area contributed by atoms with E-state index in [9.17, 15) is 4.79 Å². The van der Waals surface area contributed by atoms with Crippen LogP contribution in [0.4, 0.5) is 5.69 Å². The van der Waals surface area contributed by atoms with Crippen LogP contribution in [0.1, 0.15) is 29.9 Å². The van der Waals surface area contributed by atoms with Crippen LogP contribution in [0.3, 0.4) is 0 Å². The summed E-state index contributed by atoms with van der Waals surface area (Å²) in [7, 11) is 0. The number of anilines is 1. The van der Waals surface area contributed by atoms with Crippen LogP contribution in [0.25, 0.3) is 11.4 Å². The summed E-state index contributed by atoms with van der Waals surface area (Å²) in [6.07, 6.45) is 1.63. The van der Waals surface area contributed by atoms with Crippen molar-refractivity contribution < 1.29 is 9.32 Å². The number of nitrogens with one attached hydrogen (secondary N) is 1. The van der Waals surface area contributed by atoms with Gasteiger partial charge in [0, 0.05) is 22.2 Å². The second-order valence-corrected chi connectivity index (χ2v) is 8.31. The molecule has 0 spiro atoms. The lowest BCUT2D eigenvalue weighted by atomic mass is 9.95. The predicted molar refractivity (Wildman–Crippen MR) is 117 cm³/mol. The summed E-state index contributed by atoms with van der Waals surface area (Å²) in [5.41, 5.74) is 4.00. The van der Waals surface area contributed by atoms with Crippen molar-refractivity contribution in [1.82, 2.24) is 15.0 Å². The van der Waals surface area contributed by atoms with Crippen LogP contribution < -0.4 is 5.32 Å². The number of nitrogens with zero attached hydrogens (tertiary/aromatic N) is 3. The van der Waals surface area contributed by atoms with E-state index in [1.165, 1.54) is 0 Å². The molecule has 0 aliphatic carbocycles. The molecule has 1 aliphatic heterocycles. The molecule has 0 saturated carbocycles. The zero-order valence-corrected chi connectivity index (χ0v) is 17.9. The Morgan fingerprint density at radius 3 is 2.63 bits per heavy atom. The fourth-order valence-corrected chi connectivity index (χ4v) is 3.81. The Morgan fingerprint density at radius 1 is 1.17 bits per heavy atom. The average molecular weight is 425 g/mol. The van der Waals surface area contributed by atoms with Crippen molar-refractivity contribution in [2.45, 2.75) is 33.2 Å². The molecular formula is C23H25ClN4O2. The lowest BCUT2D eigenvalue weighted by Crippen LogP contribution is -2.37. The highest BCUT2D eigenvalue weighted by molar-refractivity contribution is 6.30. The molecule has 1 saturated heterocycles. The normalized spacial score (nSPS) is 15.3. The molecule has 156 valence electrons. The fraction of sp³-hybridized carbons (Fsp3) is 0.348. The van der Waals surface area contributed by atoms with Crippen LogP contribution >= 0.6 is 11.6 Å². The number of hydrogen-bond donors (Lipinski definition) is 1. The highest BCUT2D eigenvalue weighted by Gasteiger charge is 2.26. The molecule has 1 N–H and O–H groups in total. The monoisotopic (exact) mass is 424 g/mol. The first-order chi connectivity index (χ1) is 14.5. The molecular weight excluding hydrogens is 400 g/mol. The number of amides is 1. The van der Waals surface area contributed by atoms with Crippen molar-refractivity contribution in [2.75, 3.05) is 18.4 Å². The van der Waals surface area contributed by atoms with Crippen molar-refractivity contribution in [3.05, 3.63) is 64.5 Å². The van der Waals surface area contributed by atoms with Gasteiger partial charge in [-0.25, -0.2) is 0 Å². The van der Waals surface area contributed by atoms with Crippen LogP contribution in [-0.4, -0.2) is 34.0 Å². The van der Waals surface area contributed by atoms with Gasteiger partial charge in [-0.05, 0) is 81.2 Å². The zero-order valence-electron chi connectivity index (χ0n) is 17.2. The fourth-order valence-electron chi connectivity index (χ4n) is 3.69. The predicted octanol–water partition coefficient (Wildman–Crippen LogP) is 4.86. The first kappa shape index (κ1) is 20.6. The summed E-state index contributed by atoms with van der Waals surface area (Å²) >= 11 is 5.93. The van der Waals surface area contributed by atoms with Gasteiger partial charge in [0.05, 0.1) is 6.54 Å². The maximum atomic E-state index is 12.7. The topological polar surface area (TPSA) is 71.3 Å². The molecule has 1 aliphatic rings. The number of halogens is 1. The van der Waals surface area contributed by atoms with E-state index in [0.29, 0.717) is 23.3 Å². The maximum Gasteiger partial charge on any atom is 0.241 e. The smallest absolute Gasteiger partial charge is 0.241 e. The number of likely N-dealkylation sites (tertiary alicyclic amines) is 1. The van der Waals surface area contributed by atoms with Gasteiger partial charge in [0.2, 0.25) is 17.6 Å². The molecule has 0 radical (unpaired) electrons. The molecule has 0 atom stereocenters. The third-order valence-corrected chi connectivity index (χ3v) is 5.79. The van der Waals surface area contributed by atoms with Gasteiger partial charge in [-0.15, -0.1) is 0 Å². The Labute approximate surface area is 181 Å². The van der Waals surface area contributed by atoms with Gasteiger partial charge in [-0.3, -0.25) is 9.69 Å². The highest BCUT2D eigenvalue weighted by atomic mass is 35.5. The number of benzene rings is 2. The van der Waals surface area contributed by atoms with Gasteiger partial charge >= 0.3 is 0 Å². The average Bonchev–Trinajstić information content (AvgIpc) is 3.20. The lowest BCUT2D eigenvalue weighted by Gasteiger charge is -2.30. The van der Waals surface area contributed by atoms with Crippen LogP contribution in [0.2, 0.25) is 5.02 Å². The van der Waals surface area contributed by atoms with E-state index in [-0.39, 0.29) is 11.8 Å². The Morgan fingerprint density at radius 2 is 1.90 bits per heavy atom. The van der Waals surface area contributed by atoms with Crippen molar-refractivity contribution in [2.24, 2.45) is 5.92 Å². The molecule has 4 rings (SSSR count). The minimum Gasteiger partial charge on any atom is -0.338 e. The third kappa shape index (κ3) is 4.89. The second kappa shape index (κ2) is 8.98. The summed E-state index contributed by atoms with van der Waals surface area (Å²) in [5.74, 6) is 1.27. The summed E-state index contributed by atoms with van der Waals surface area (Å²) in [6.45, 7) is 6.28. The number of rotatable bonds is 5. The number of carbonyl (C=O) groups is 1. The van der Waals surface area contributed by atoms with Crippen molar-refractivity contribution in [1.29, 1.82) is 0 Å². The largest absolute Gasteiger partial charge is 0.338 e. The van der Waals surface area contributed by atoms with Gasteiger partial charge in [-0.2, -0.15) is 4.98 Å². The number of aryl methyl sites for hydroxylation is 2. The van der Waals surface area contributed by atoms with E-state index in [0.717, 1.165) is 48.3 Å². The van der Waals surface area contributed by atoms with E-state index in [4.69, 9.17) is 16.1 Å². The van der Waals surface area contributed by atoms with Crippen LogP contribution in [0.15, 0.2) is 47.0 Å². The molecule has 3 aromatic rings. The Hall–Kier alpha value is -2.70. The minimum atomic E-state index is 0.0217. The van der Waals surface area contributed by atoms with E-state index < -0.39 is 0 Å². The molecule has 30 heavy (non-hydrogen) atoms. The number of piperidine rings is 1. The molecule has 0 bridgehead atoms. The van der Waals surface area contributed by atoms with E-state index >= 15 is 0 Å². The summed E-state index contributed by atoms with van der Waals surface area (Å²) in [5, 5.41) is 7.84. The van der Waals surface area contributed by atoms with Crippen molar-refractivity contribution in [3.63, 3.8) is 0 Å². The van der Waals surface area contributed by atoms with E-state index in [1.54, 1.807) is 12.1 Å². The van der Waals surface area contributed by atoms with Gasteiger partial charge in [0.25, 0.3) is 0 Å². The maximum absolute atomic E-state index is 12.7.